The lowest BCUT2D eigenvalue weighted by atomic mass is 10.0. The molecule has 1 heterocycles. The first kappa shape index (κ1) is 22.8. The van der Waals surface area contributed by atoms with E-state index in [2.05, 4.69) is 15.8 Å². The lowest BCUT2D eigenvalue weighted by Crippen LogP contribution is -2.35. The predicted octanol–water partition coefficient (Wildman–Crippen LogP) is 4.19. The van der Waals surface area contributed by atoms with Crippen molar-refractivity contribution >= 4 is 40.2 Å². The van der Waals surface area contributed by atoms with Gasteiger partial charge >= 0.3 is 6.09 Å². The number of anilines is 2. The van der Waals surface area contributed by atoms with Gasteiger partial charge in [-0.2, -0.15) is 0 Å². The number of ether oxygens (including phenoxy) is 1. The third kappa shape index (κ3) is 5.84. The molecule has 0 spiro atoms. The van der Waals surface area contributed by atoms with Gasteiger partial charge in [-0.15, -0.1) is 0 Å². The Balaban J connectivity index is 1.83. The van der Waals surface area contributed by atoms with E-state index < -0.39 is 23.5 Å². The minimum atomic E-state index is -0.695. The Kier molecular flexibility index (Phi) is 6.47. The molecule has 0 aliphatic rings. The Hall–Kier alpha value is -3.88. The molecule has 2 N–H and O–H groups in total. The Morgan fingerprint density at radius 2 is 1.72 bits per heavy atom. The Morgan fingerprint density at radius 3 is 2.31 bits per heavy atom. The second kappa shape index (κ2) is 9.09. The van der Waals surface area contributed by atoms with Gasteiger partial charge in [-0.1, -0.05) is 29.4 Å². The van der Waals surface area contributed by atoms with Crippen LogP contribution in [0.2, 0.25) is 0 Å². The van der Waals surface area contributed by atoms with E-state index in [1.54, 1.807) is 45.9 Å². The van der Waals surface area contributed by atoms with Crippen LogP contribution in [0.25, 0.3) is 10.8 Å². The van der Waals surface area contributed by atoms with Gasteiger partial charge in [-0.3, -0.25) is 14.9 Å². The largest absolute Gasteiger partial charge is 0.444 e. The van der Waals surface area contributed by atoms with Crippen LogP contribution in [0, 0.1) is 6.92 Å². The lowest BCUT2D eigenvalue weighted by molar-refractivity contribution is -0.116. The molecule has 9 heteroatoms. The molecule has 3 rings (SSSR count). The summed E-state index contributed by atoms with van der Waals surface area (Å²) < 4.78 is 10.2. The highest BCUT2D eigenvalue weighted by atomic mass is 16.6. The quantitative estimate of drug-likeness (QED) is 0.617. The maximum absolute atomic E-state index is 13.2. The van der Waals surface area contributed by atoms with Crippen LogP contribution in [0.3, 0.4) is 0 Å². The number of amides is 3. The molecule has 32 heavy (non-hydrogen) atoms. The second-order valence-corrected chi connectivity index (χ2v) is 8.40. The molecule has 0 radical (unpaired) electrons. The van der Waals surface area contributed by atoms with Crippen molar-refractivity contribution in [3.05, 3.63) is 53.8 Å². The summed E-state index contributed by atoms with van der Waals surface area (Å²) in [5.74, 6) is -0.0463. The number of aromatic nitrogens is 1. The molecule has 3 amide bonds. The molecule has 3 aromatic rings. The highest BCUT2D eigenvalue weighted by Crippen LogP contribution is 2.26. The molecule has 168 valence electrons. The molecule has 0 aliphatic heterocycles. The predicted molar refractivity (Wildman–Crippen MR) is 121 cm³/mol. The summed E-state index contributed by atoms with van der Waals surface area (Å²) in [6, 6.07) is 12.4. The number of carbonyl (C=O) groups is 3. The molecular weight excluding hydrogens is 412 g/mol. The zero-order chi connectivity index (χ0) is 23.5. The van der Waals surface area contributed by atoms with Crippen LogP contribution < -0.4 is 10.6 Å². The van der Waals surface area contributed by atoms with Crippen molar-refractivity contribution < 1.29 is 23.6 Å². The fraction of sp³-hybridized carbons (Fsp3) is 0.304. The molecule has 2 aromatic carbocycles. The summed E-state index contributed by atoms with van der Waals surface area (Å²) in [7, 11) is 1.50. The molecule has 0 aliphatic carbocycles. The van der Waals surface area contributed by atoms with Gasteiger partial charge < -0.3 is 19.5 Å². The Bertz CT molecular complexity index is 1160. The molecule has 0 atom stereocenters. The van der Waals surface area contributed by atoms with Gasteiger partial charge in [0.05, 0.1) is 17.8 Å². The summed E-state index contributed by atoms with van der Waals surface area (Å²) >= 11 is 0. The van der Waals surface area contributed by atoms with Gasteiger partial charge in [0.1, 0.15) is 11.4 Å². The number of carbonyl (C=O) groups excluding carboxylic acids is 3. The first-order valence-electron chi connectivity index (χ1n) is 10.0. The normalized spacial score (nSPS) is 11.2. The fourth-order valence-electron chi connectivity index (χ4n) is 3.03. The van der Waals surface area contributed by atoms with Crippen molar-refractivity contribution in [1.82, 2.24) is 10.1 Å². The van der Waals surface area contributed by atoms with Crippen LogP contribution in [0.1, 0.15) is 36.9 Å². The number of nitrogens with zero attached hydrogens (tertiary/aromatic N) is 2. The molecule has 0 bridgehead atoms. The first-order valence-corrected chi connectivity index (χ1v) is 10.0. The number of nitrogens with one attached hydrogen (secondary N) is 2. The number of aryl methyl sites for hydroxylation is 1. The average Bonchev–Trinajstić information content (AvgIpc) is 3.09. The SMILES string of the molecule is Cc1cc(NC(=O)CN(C)C(=O)c2cc3ccccc3cc2NC(=O)OC(C)(C)C)no1. The standard InChI is InChI=1S/C23H26N4O5/c1-14-10-19(26-32-14)25-20(28)13-27(5)21(29)17-11-15-8-6-7-9-16(15)12-18(17)24-22(30)31-23(2,3)4/h6-12H,13H2,1-5H3,(H,24,30)(H,25,26,28). The van der Waals surface area contributed by atoms with E-state index in [4.69, 9.17) is 9.26 Å². The number of hydrogen-bond donors (Lipinski definition) is 2. The van der Waals surface area contributed by atoms with E-state index in [9.17, 15) is 14.4 Å². The van der Waals surface area contributed by atoms with Crippen molar-refractivity contribution in [2.24, 2.45) is 0 Å². The third-order valence-electron chi connectivity index (χ3n) is 4.37. The fourth-order valence-corrected chi connectivity index (χ4v) is 3.03. The highest BCUT2D eigenvalue weighted by Gasteiger charge is 2.22. The van der Waals surface area contributed by atoms with Crippen molar-refractivity contribution in [1.29, 1.82) is 0 Å². The van der Waals surface area contributed by atoms with Gasteiger partial charge in [0, 0.05) is 13.1 Å². The first-order chi connectivity index (χ1) is 15.0. The van der Waals surface area contributed by atoms with Crippen LogP contribution >= 0.6 is 0 Å². The van der Waals surface area contributed by atoms with Gasteiger partial charge in [0.25, 0.3) is 5.91 Å². The summed E-state index contributed by atoms with van der Waals surface area (Å²) in [5, 5.41) is 10.6. The van der Waals surface area contributed by atoms with Gasteiger partial charge in [-0.25, -0.2) is 4.79 Å². The number of rotatable bonds is 5. The summed E-state index contributed by atoms with van der Waals surface area (Å²) in [4.78, 5) is 39.1. The third-order valence-corrected chi connectivity index (χ3v) is 4.37. The van der Waals surface area contributed by atoms with Crippen LogP contribution in [0.15, 0.2) is 47.0 Å². The number of benzene rings is 2. The monoisotopic (exact) mass is 438 g/mol. The molecule has 0 fully saturated rings. The van der Waals surface area contributed by atoms with Crippen molar-refractivity contribution in [3.63, 3.8) is 0 Å². The van der Waals surface area contributed by atoms with E-state index >= 15 is 0 Å². The van der Waals surface area contributed by atoms with E-state index in [1.165, 1.54) is 11.9 Å². The molecule has 0 unspecified atom stereocenters. The van der Waals surface area contributed by atoms with Crippen molar-refractivity contribution in [2.75, 3.05) is 24.2 Å². The zero-order valence-electron chi connectivity index (χ0n) is 18.7. The number of hydrogen-bond acceptors (Lipinski definition) is 6. The average molecular weight is 438 g/mol. The second-order valence-electron chi connectivity index (χ2n) is 8.40. The zero-order valence-corrected chi connectivity index (χ0v) is 18.7. The topological polar surface area (TPSA) is 114 Å². The van der Waals surface area contributed by atoms with E-state index in [0.29, 0.717) is 11.4 Å². The molecular formula is C23H26N4O5. The number of likely N-dealkylation sites (N-methyl/N-ethyl adjacent to an activating group) is 1. The van der Waals surface area contributed by atoms with Gasteiger partial charge in [0.15, 0.2) is 5.82 Å². The van der Waals surface area contributed by atoms with Crippen molar-refractivity contribution in [2.45, 2.75) is 33.3 Å². The lowest BCUT2D eigenvalue weighted by Gasteiger charge is -2.22. The molecule has 1 aromatic heterocycles. The van der Waals surface area contributed by atoms with E-state index in [-0.39, 0.29) is 17.9 Å². The Morgan fingerprint density at radius 1 is 1.06 bits per heavy atom. The smallest absolute Gasteiger partial charge is 0.412 e. The molecule has 0 saturated carbocycles. The van der Waals surface area contributed by atoms with Crippen LogP contribution in [0.4, 0.5) is 16.3 Å². The van der Waals surface area contributed by atoms with Crippen molar-refractivity contribution in [3.8, 4) is 0 Å². The maximum atomic E-state index is 13.2. The summed E-state index contributed by atoms with van der Waals surface area (Å²) in [5.41, 5.74) is -0.163. The van der Waals surface area contributed by atoms with Crippen LogP contribution in [-0.4, -0.2) is 47.2 Å². The van der Waals surface area contributed by atoms with E-state index in [0.717, 1.165) is 10.8 Å². The Labute approximate surface area is 185 Å². The summed E-state index contributed by atoms with van der Waals surface area (Å²) in [6.07, 6.45) is -0.677. The van der Waals surface area contributed by atoms with Gasteiger partial charge in [-0.05, 0) is 50.6 Å². The van der Waals surface area contributed by atoms with Crippen LogP contribution in [0.5, 0.6) is 0 Å². The minimum absolute atomic E-state index is 0.219. The molecule has 0 saturated heterocycles. The molecule has 9 nitrogen and oxygen atoms in total. The maximum Gasteiger partial charge on any atom is 0.412 e. The minimum Gasteiger partial charge on any atom is -0.444 e. The summed E-state index contributed by atoms with van der Waals surface area (Å²) in [6.45, 7) is 6.74. The van der Waals surface area contributed by atoms with E-state index in [1.807, 2.05) is 24.3 Å². The van der Waals surface area contributed by atoms with Crippen LogP contribution in [-0.2, 0) is 9.53 Å². The number of fused-ring (bicyclic) bond motifs is 1. The highest BCUT2D eigenvalue weighted by molar-refractivity contribution is 6.08. The van der Waals surface area contributed by atoms with Gasteiger partial charge in [0.2, 0.25) is 5.91 Å².